The monoisotopic (exact) mass is 223 g/mol. The summed E-state index contributed by atoms with van der Waals surface area (Å²) in [6.45, 7) is 4.73. The zero-order valence-corrected chi connectivity index (χ0v) is 10.3. The number of aliphatic hydroxyl groups is 1. The molecule has 0 fully saturated rings. The summed E-state index contributed by atoms with van der Waals surface area (Å²) < 4.78 is 5.64. The number of hydrogen-bond acceptors (Lipinski definition) is 3. The quantitative estimate of drug-likeness (QED) is 0.772. The fraction of sp³-hybridized carbons (Fsp3) is 0.538. The molecule has 3 nitrogen and oxygen atoms in total. The number of ether oxygens (including phenoxy) is 1. The largest absolute Gasteiger partial charge is 0.494 e. The molecule has 0 aliphatic rings. The van der Waals surface area contributed by atoms with E-state index in [2.05, 4.69) is 5.32 Å². The van der Waals surface area contributed by atoms with E-state index in [4.69, 9.17) is 4.74 Å². The fourth-order valence-corrected chi connectivity index (χ4v) is 1.38. The molecule has 0 aliphatic heterocycles. The molecule has 1 unspecified atom stereocenters. The van der Waals surface area contributed by atoms with Crippen molar-refractivity contribution in [1.82, 2.24) is 5.32 Å². The van der Waals surface area contributed by atoms with Gasteiger partial charge in [0.05, 0.1) is 13.2 Å². The van der Waals surface area contributed by atoms with Crippen molar-refractivity contribution >= 4 is 0 Å². The zero-order chi connectivity index (χ0) is 12.0. The predicted molar refractivity (Wildman–Crippen MR) is 65.8 cm³/mol. The van der Waals surface area contributed by atoms with E-state index in [0.717, 1.165) is 12.2 Å². The molecule has 0 aromatic heterocycles. The van der Waals surface area contributed by atoms with Gasteiger partial charge in [0.2, 0.25) is 0 Å². The Morgan fingerprint density at radius 2 is 2.19 bits per heavy atom. The van der Waals surface area contributed by atoms with Gasteiger partial charge in [-0.25, -0.2) is 0 Å². The summed E-state index contributed by atoms with van der Waals surface area (Å²) >= 11 is 0. The second kappa shape index (κ2) is 5.87. The van der Waals surface area contributed by atoms with Gasteiger partial charge in [-0.1, -0.05) is 12.1 Å². The molecule has 1 rings (SSSR count). The lowest BCUT2D eigenvalue weighted by molar-refractivity contribution is 0.151. The number of hydrogen-bond donors (Lipinski definition) is 2. The van der Waals surface area contributed by atoms with Crippen molar-refractivity contribution in [2.75, 3.05) is 20.3 Å². The van der Waals surface area contributed by atoms with Gasteiger partial charge in [0.25, 0.3) is 0 Å². The Bertz CT molecular complexity index is 321. The lowest BCUT2D eigenvalue weighted by Crippen LogP contribution is -2.44. The van der Waals surface area contributed by atoms with Crippen LogP contribution < -0.4 is 10.1 Å². The number of rotatable bonds is 6. The Hall–Kier alpha value is -1.06. The van der Waals surface area contributed by atoms with Gasteiger partial charge < -0.3 is 15.2 Å². The van der Waals surface area contributed by atoms with E-state index in [1.54, 1.807) is 0 Å². The Labute approximate surface area is 97.4 Å². The van der Waals surface area contributed by atoms with Gasteiger partial charge in [-0.2, -0.15) is 0 Å². The van der Waals surface area contributed by atoms with Crippen LogP contribution in [0.1, 0.15) is 18.9 Å². The Balaban J connectivity index is 2.41. The van der Waals surface area contributed by atoms with Crippen LogP contribution in [-0.2, 0) is 0 Å². The molecular formula is C13H21NO2. The van der Waals surface area contributed by atoms with Gasteiger partial charge in [-0.05, 0) is 38.6 Å². The van der Waals surface area contributed by atoms with E-state index >= 15 is 0 Å². The smallest absolute Gasteiger partial charge is 0.119 e. The van der Waals surface area contributed by atoms with E-state index in [0.29, 0.717) is 6.61 Å². The first-order valence-electron chi connectivity index (χ1n) is 5.59. The first kappa shape index (κ1) is 13.0. The van der Waals surface area contributed by atoms with Crippen LogP contribution in [0, 0.1) is 6.92 Å². The minimum Gasteiger partial charge on any atom is -0.494 e. The van der Waals surface area contributed by atoms with Crippen molar-refractivity contribution in [1.29, 1.82) is 0 Å². The lowest BCUT2D eigenvalue weighted by Gasteiger charge is -2.26. The van der Waals surface area contributed by atoms with Crippen LogP contribution in [0.4, 0.5) is 0 Å². The number of aliphatic hydroxyl groups excluding tert-OH is 1. The van der Waals surface area contributed by atoms with Gasteiger partial charge in [0, 0.05) is 12.0 Å². The van der Waals surface area contributed by atoms with Crippen LogP contribution in [0.25, 0.3) is 0 Å². The molecule has 1 aromatic rings. The van der Waals surface area contributed by atoms with E-state index in [9.17, 15) is 5.11 Å². The molecule has 3 heteroatoms. The number of benzene rings is 1. The fourth-order valence-electron chi connectivity index (χ4n) is 1.38. The van der Waals surface area contributed by atoms with Crippen LogP contribution >= 0.6 is 0 Å². The van der Waals surface area contributed by atoms with Gasteiger partial charge >= 0.3 is 0 Å². The summed E-state index contributed by atoms with van der Waals surface area (Å²) in [6, 6.07) is 7.98. The van der Waals surface area contributed by atoms with Crippen molar-refractivity contribution in [2.24, 2.45) is 0 Å². The maximum absolute atomic E-state index is 9.21. The van der Waals surface area contributed by atoms with Crippen molar-refractivity contribution in [3.63, 3.8) is 0 Å². The first-order valence-corrected chi connectivity index (χ1v) is 5.59. The number of nitrogens with one attached hydrogen (secondary N) is 1. The van der Waals surface area contributed by atoms with Crippen LogP contribution in [0.15, 0.2) is 24.3 Å². The van der Waals surface area contributed by atoms with Crippen molar-refractivity contribution < 1.29 is 9.84 Å². The number of aryl methyl sites for hydroxylation is 1. The normalized spacial score (nSPS) is 14.5. The van der Waals surface area contributed by atoms with Gasteiger partial charge in [-0.15, -0.1) is 0 Å². The molecule has 0 saturated carbocycles. The summed E-state index contributed by atoms with van der Waals surface area (Å²) in [6.07, 6.45) is 0.772. The highest BCUT2D eigenvalue weighted by Gasteiger charge is 2.20. The van der Waals surface area contributed by atoms with Crippen LogP contribution in [-0.4, -0.2) is 30.9 Å². The van der Waals surface area contributed by atoms with Crippen LogP contribution in [0.2, 0.25) is 0 Å². The number of likely N-dealkylation sites (N-methyl/N-ethyl adjacent to an activating group) is 1. The molecule has 0 saturated heterocycles. The minimum absolute atomic E-state index is 0.112. The molecule has 1 aromatic carbocycles. The first-order chi connectivity index (χ1) is 7.59. The van der Waals surface area contributed by atoms with E-state index in [1.165, 1.54) is 5.56 Å². The molecule has 0 radical (unpaired) electrons. The zero-order valence-electron chi connectivity index (χ0n) is 10.3. The van der Waals surface area contributed by atoms with Gasteiger partial charge in [-0.3, -0.25) is 0 Å². The molecule has 0 heterocycles. The second-order valence-electron chi connectivity index (χ2n) is 4.38. The van der Waals surface area contributed by atoms with Crippen LogP contribution in [0.5, 0.6) is 5.75 Å². The third-order valence-electron chi connectivity index (χ3n) is 2.86. The van der Waals surface area contributed by atoms with Crippen LogP contribution in [0.3, 0.4) is 0 Å². The highest BCUT2D eigenvalue weighted by molar-refractivity contribution is 5.27. The van der Waals surface area contributed by atoms with Gasteiger partial charge in [0.1, 0.15) is 5.75 Å². The average Bonchev–Trinajstić information content (AvgIpc) is 2.29. The Kier molecular flexibility index (Phi) is 4.77. The maximum atomic E-state index is 9.21. The standard InChI is InChI=1S/C13H21NO2/c1-11-5-4-6-12(9-11)16-8-7-13(2,10-15)14-3/h4-6,9,14-15H,7-8,10H2,1-3H3. The molecule has 90 valence electrons. The minimum atomic E-state index is -0.260. The molecule has 1 atom stereocenters. The third-order valence-corrected chi connectivity index (χ3v) is 2.86. The second-order valence-corrected chi connectivity index (χ2v) is 4.38. The molecule has 0 bridgehead atoms. The summed E-state index contributed by atoms with van der Waals surface area (Å²) in [5, 5.41) is 12.3. The third kappa shape index (κ3) is 3.83. The van der Waals surface area contributed by atoms with E-state index < -0.39 is 0 Å². The van der Waals surface area contributed by atoms with Crippen molar-refractivity contribution in [2.45, 2.75) is 25.8 Å². The SMILES string of the molecule is CNC(C)(CO)CCOc1cccc(C)c1. The maximum Gasteiger partial charge on any atom is 0.119 e. The molecule has 16 heavy (non-hydrogen) atoms. The summed E-state index contributed by atoms with van der Waals surface area (Å²) in [7, 11) is 1.85. The molecule has 0 aliphatic carbocycles. The predicted octanol–water partition coefficient (Wildman–Crippen LogP) is 1.73. The summed E-state index contributed by atoms with van der Waals surface area (Å²) in [4.78, 5) is 0. The van der Waals surface area contributed by atoms with Gasteiger partial charge in [0.15, 0.2) is 0 Å². The summed E-state index contributed by atoms with van der Waals surface area (Å²) in [5.41, 5.74) is 0.931. The lowest BCUT2D eigenvalue weighted by atomic mass is 10.0. The average molecular weight is 223 g/mol. The molecule has 0 amide bonds. The molecular weight excluding hydrogens is 202 g/mol. The molecule has 0 spiro atoms. The Morgan fingerprint density at radius 1 is 1.44 bits per heavy atom. The topological polar surface area (TPSA) is 41.5 Å². The van der Waals surface area contributed by atoms with Crippen molar-refractivity contribution in [3.8, 4) is 5.75 Å². The van der Waals surface area contributed by atoms with Crippen molar-refractivity contribution in [3.05, 3.63) is 29.8 Å². The molecule has 2 N–H and O–H groups in total. The van der Waals surface area contributed by atoms with E-state index in [-0.39, 0.29) is 12.1 Å². The highest BCUT2D eigenvalue weighted by Crippen LogP contribution is 2.14. The Morgan fingerprint density at radius 3 is 2.75 bits per heavy atom. The summed E-state index contributed by atoms with van der Waals surface area (Å²) in [5.74, 6) is 0.886. The van der Waals surface area contributed by atoms with E-state index in [1.807, 2.05) is 45.2 Å². The highest BCUT2D eigenvalue weighted by atomic mass is 16.5.